The predicted molar refractivity (Wildman–Crippen MR) is 112 cm³/mol. The molecule has 0 radical (unpaired) electrons. The van der Waals surface area contributed by atoms with E-state index in [4.69, 9.17) is 11.6 Å². The molecule has 1 atom stereocenters. The molecule has 1 unspecified atom stereocenters. The van der Waals surface area contributed by atoms with Gasteiger partial charge in [-0.2, -0.15) is 23.0 Å². The van der Waals surface area contributed by atoms with Gasteiger partial charge in [0.25, 0.3) is 5.56 Å². The summed E-state index contributed by atoms with van der Waals surface area (Å²) in [4.78, 5) is 20.9. The SMILES string of the molecule is CN1CCN(c2cnn(-c3ccc(C(F)(F)F)cn3)c(=O)c2Cl)C(c2ccccc2)C1. The van der Waals surface area contributed by atoms with Gasteiger partial charge in [-0.3, -0.25) is 4.79 Å². The first-order valence-corrected chi connectivity index (χ1v) is 9.95. The van der Waals surface area contributed by atoms with Gasteiger partial charge >= 0.3 is 6.18 Å². The van der Waals surface area contributed by atoms with Gasteiger partial charge in [0.05, 0.1) is 23.5 Å². The number of hydrogen-bond donors (Lipinski definition) is 0. The number of pyridine rings is 1. The smallest absolute Gasteiger partial charge is 0.359 e. The summed E-state index contributed by atoms with van der Waals surface area (Å²) in [5, 5.41) is 4.09. The van der Waals surface area contributed by atoms with Crippen molar-refractivity contribution in [2.45, 2.75) is 12.2 Å². The molecule has 1 fully saturated rings. The maximum absolute atomic E-state index is 12.9. The zero-order valence-electron chi connectivity index (χ0n) is 16.6. The first-order chi connectivity index (χ1) is 14.8. The fourth-order valence-electron chi connectivity index (χ4n) is 3.63. The standard InChI is InChI=1S/C21H19ClF3N5O/c1-28-9-10-29(17(13-28)14-5-3-2-4-6-14)16-12-27-30(20(31)19(16)22)18-8-7-15(11-26-18)21(23,24)25/h2-8,11-12,17H,9-10,13H2,1H3. The Morgan fingerprint density at radius 1 is 1.06 bits per heavy atom. The third-order valence-corrected chi connectivity index (χ3v) is 5.63. The van der Waals surface area contributed by atoms with E-state index in [9.17, 15) is 18.0 Å². The van der Waals surface area contributed by atoms with Crippen LogP contribution in [0.5, 0.6) is 0 Å². The van der Waals surface area contributed by atoms with Crippen LogP contribution in [-0.4, -0.2) is 46.3 Å². The Bertz CT molecular complexity index is 1120. The molecule has 4 rings (SSSR count). The number of halogens is 4. The molecule has 31 heavy (non-hydrogen) atoms. The molecule has 0 amide bonds. The lowest BCUT2D eigenvalue weighted by molar-refractivity contribution is -0.137. The van der Waals surface area contributed by atoms with Crippen molar-refractivity contribution in [3.63, 3.8) is 0 Å². The maximum Gasteiger partial charge on any atom is 0.417 e. The Morgan fingerprint density at radius 2 is 1.81 bits per heavy atom. The lowest BCUT2D eigenvalue weighted by Gasteiger charge is -2.41. The largest absolute Gasteiger partial charge is 0.417 e. The highest BCUT2D eigenvalue weighted by molar-refractivity contribution is 6.33. The van der Waals surface area contributed by atoms with Gasteiger partial charge in [0, 0.05) is 25.8 Å². The van der Waals surface area contributed by atoms with Crippen molar-refractivity contribution in [1.29, 1.82) is 0 Å². The molecule has 0 N–H and O–H groups in total. The topological polar surface area (TPSA) is 54.3 Å². The van der Waals surface area contributed by atoms with Gasteiger partial charge in [-0.1, -0.05) is 41.9 Å². The predicted octanol–water partition coefficient (Wildman–Crippen LogP) is 3.79. The van der Waals surface area contributed by atoms with Gasteiger partial charge in [-0.05, 0) is 24.7 Å². The van der Waals surface area contributed by atoms with E-state index in [-0.39, 0.29) is 16.9 Å². The molecule has 2 aromatic heterocycles. The van der Waals surface area contributed by atoms with Crippen molar-refractivity contribution in [2.24, 2.45) is 0 Å². The Balaban J connectivity index is 1.70. The Hall–Kier alpha value is -2.91. The van der Waals surface area contributed by atoms with E-state index >= 15 is 0 Å². The molecule has 0 spiro atoms. The first-order valence-electron chi connectivity index (χ1n) is 9.57. The molecule has 162 valence electrons. The van der Waals surface area contributed by atoms with Gasteiger partial charge < -0.3 is 9.80 Å². The molecule has 0 aliphatic carbocycles. The van der Waals surface area contributed by atoms with Crippen LogP contribution in [0.25, 0.3) is 5.82 Å². The maximum atomic E-state index is 12.9. The van der Waals surface area contributed by atoms with E-state index in [0.29, 0.717) is 18.4 Å². The summed E-state index contributed by atoms with van der Waals surface area (Å²) >= 11 is 6.44. The second-order valence-electron chi connectivity index (χ2n) is 7.35. The van der Waals surface area contributed by atoms with Crippen molar-refractivity contribution in [1.82, 2.24) is 19.7 Å². The molecular weight excluding hydrogens is 431 g/mol. The van der Waals surface area contributed by atoms with Crippen LogP contribution in [0, 0.1) is 0 Å². The second-order valence-corrected chi connectivity index (χ2v) is 7.72. The molecule has 1 aliphatic rings. The number of benzene rings is 1. The fourth-order valence-corrected chi connectivity index (χ4v) is 3.87. The van der Waals surface area contributed by atoms with Gasteiger partial charge in [0.1, 0.15) is 5.02 Å². The number of nitrogens with zero attached hydrogens (tertiary/aromatic N) is 5. The highest BCUT2D eigenvalue weighted by Gasteiger charge is 2.31. The number of rotatable bonds is 3. The molecule has 6 nitrogen and oxygen atoms in total. The highest BCUT2D eigenvalue weighted by atomic mass is 35.5. The van der Waals surface area contributed by atoms with E-state index in [1.807, 2.05) is 42.3 Å². The minimum absolute atomic E-state index is 0.0290. The van der Waals surface area contributed by atoms with Gasteiger partial charge in [0.2, 0.25) is 0 Å². The van der Waals surface area contributed by atoms with Crippen LogP contribution in [-0.2, 0) is 6.18 Å². The minimum Gasteiger partial charge on any atom is -0.359 e. The number of anilines is 1. The third kappa shape index (κ3) is 4.28. The van der Waals surface area contributed by atoms with Crippen molar-refractivity contribution >= 4 is 17.3 Å². The monoisotopic (exact) mass is 449 g/mol. The molecule has 3 heterocycles. The average Bonchev–Trinajstić information content (AvgIpc) is 2.76. The lowest BCUT2D eigenvalue weighted by atomic mass is 10.0. The van der Waals surface area contributed by atoms with Crippen LogP contribution in [0.4, 0.5) is 18.9 Å². The molecule has 0 bridgehead atoms. The quantitative estimate of drug-likeness (QED) is 0.609. The summed E-state index contributed by atoms with van der Waals surface area (Å²) < 4.78 is 39.2. The summed E-state index contributed by atoms with van der Waals surface area (Å²) in [7, 11) is 2.03. The highest BCUT2D eigenvalue weighted by Crippen LogP contribution is 2.33. The number of likely N-dealkylation sites (N-methyl/N-ethyl adjacent to an activating group) is 1. The normalized spacial score (nSPS) is 17.7. The van der Waals surface area contributed by atoms with Crippen LogP contribution in [0.2, 0.25) is 5.02 Å². The van der Waals surface area contributed by atoms with E-state index < -0.39 is 17.3 Å². The summed E-state index contributed by atoms with van der Waals surface area (Å²) in [6, 6.07) is 11.8. The van der Waals surface area contributed by atoms with Crippen LogP contribution in [0.15, 0.2) is 59.7 Å². The van der Waals surface area contributed by atoms with Crippen molar-refractivity contribution in [3.05, 3.63) is 81.4 Å². The number of aromatic nitrogens is 3. The van der Waals surface area contributed by atoms with Crippen molar-refractivity contribution < 1.29 is 13.2 Å². The van der Waals surface area contributed by atoms with Crippen LogP contribution in [0.3, 0.4) is 0 Å². The molecule has 10 heteroatoms. The van der Waals surface area contributed by atoms with Crippen LogP contribution < -0.4 is 10.5 Å². The average molecular weight is 450 g/mol. The van der Waals surface area contributed by atoms with Gasteiger partial charge in [-0.25, -0.2) is 4.98 Å². The van der Waals surface area contributed by atoms with E-state index in [2.05, 4.69) is 15.0 Å². The first kappa shape index (κ1) is 21.3. The van der Waals surface area contributed by atoms with Gasteiger partial charge in [0.15, 0.2) is 5.82 Å². The number of piperazine rings is 1. The lowest BCUT2D eigenvalue weighted by Crippen LogP contribution is -2.47. The zero-order chi connectivity index (χ0) is 22.2. The van der Waals surface area contributed by atoms with Crippen LogP contribution in [0.1, 0.15) is 17.2 Å². The van der Waals surface area contributed by atoms with Gasteiger partial charge in [-0.15, -0.1) is 0 Å². The number of hydrogen-bond acceptors (Lipinski definition) is 5. The summed E-state index contributed by atoms with van der Waals surface area (Å²) in [5.74, 6) is -0.0376. The third-order valence-electron chi connectivity index (χ3n) is 5.27. The molecular formula is C21H19ClF3N5O. The summed E-state index contributed by atoms with van der Waals surface area (Å²) in [6.07, 6.45) is -2.39. The molecule has 3 aromatic rings. The molecule has 1 saturated heterocycles. The second kappa shape index (κ2) is 8.32. The minimum atomic E-state index is -4.51. The summed E-state index contributed by atoms with van der Waals surface area (Å²) in [5.41, 5.74) is 0.0165. The fraction of sp³-hybridized carbons (Fsp3) is 0.286. The van der Waals surface area contributed by atoms with E-state index in [0.717, 1.165) is 35.5 Å². The molecule has 1 aromatic carbocycles. The zero-order valence-corrected chi connectivity index (χ0v) is 17.3. The molecule has 1 aliphatic heterocycles. The Morgan fingerprint density at radius 3 is 2.45 bits per heavy atom. The van der Waals surface area contributed by atoms with Crippen molar-refractivity contribution in [3.8, 4) is 5.82 Å². The van der Waals surface area contributed by atoms with Crippen LogP contribution >= 0.6 is 11.6 Å². The number of alkyl halides is 3. The van der Waals surface area contributed by atoms with Crippen molar-refractivity contribution in [2.75, 3.05) is 31.6 Å². The Kier molecular flexibility index (Phi) is 5.72. The summed E-state index contributed by atoms with van der Waals surface area (Å²) in [6.45, 7) is 2.16. The Labute approximate surface area is 181 Å². The van der Waals surface area contributed by atoms with E-state index in [1.54, 1.807) is 0 Å². The molecule has 0 saturated carbocycles. The van der Waals surface area contributed by atoms with E-state index in [1.165, 1.54) is 6.20 Å².